The minimum atomic E-state index is -3.13. The van der Waals surface area contributed by atoms with Gasteiger partial charge in [-0.25, -0.2) is 13.2 Å². The van der Waals surface area contributed by atoms with Crippen molar-refractivity contribution in [3.8, 4) is 11.8 Å². The molecule has 1 heterocycles. The summed E-state index contributed by atoms with van der Waals surface area (Å²) in [5, 5.41) is 11.8. The minimum absolute atomic E-state index is 0.0233. The summed E-state index contributed by atoms with van der Waals surface area (Å²) in [7, 11) is -3.13. The van der Waals surface area contributed by atoms with E-state index in [1.807, 2.05) is 6.92 Å². The van der Waals surface area contributed by atoms with Crippen molar-refractivity contribution in [3.63, 3.8) is 0 Å². The van der Waals surface area contributed by atoms with Gasteiger partial charge in [0.05, 0.1) is 18.1 Å². The Bertz CT molecular complexity index is 899. The highest BCUT2D eigenvalue weighted by Crippen LogP contribution is 2.16. The predicted molar refractivity (Wildman–Crippen MR) is 102 cm³/mol. The van der Waals surface area contributed by atoms with Crippen LogP contribution in [0.2, 0.25) is 0 Å². The second-order valence-electron chi connectivity index (χ2n) is 6.33. The molecular formula is C19H22N2O6S. The second-order valence-corrected chi connectivity index (χ2v) is 8.56. The molecule has 1 aromatic carbocycles. The zero-order valence-electron chi connectivity index (χ0n) is 15.7. The summed E-state index contributed by atoms with van der Waals surface area (Å²) >= 11 is 0. The van der Waals surface area contributed by atoms with Gasteiger partial charge < -0.3 is 14.8 Å². The van der Waals surface area contributed by atoms with Gasteiger partial charge in [-0.15, -0.1) is 0 Å². The Labute approximate surface area is 164 Å². The summed E-state index contributed by atoms with van der Waals surface area (Å²) < 4.78 is 33.3. The number of nitrogens with zero attached hydrogens (tertiary/aromatic N) is 1. The van der Waals surface area contributed by atoms with Gasteiger partial charge in [0.1, 0.15) is 17.4 Å². The van der Waals surface area contributed by atoms with Crippen molar-refractivity contribution in [1.82, 2.24) is 5.32 Å². The number of hydrogen-bond donors (Lipinski definition) is 1. The fourth-order valence-corrected chi connectivity index (χ4v) is 4.31. The third-order valence-corrected chi connectivity index (χ3v) is 5.84. The van der Waals surface area contributed by atoms with E-state index in [9.17, 15) is 23.3 Å². The van der Waals surface area contributed by atoms with Crippen LogP contribution in [-0.2, 0) is 24.2 Å². The van der Waals surface area contributed by atoms with Crippen molar-refractivity contribution >= 4 is 27.8 Å². The van der Waals surface area contributed by atoms with E-state index in [4.69, 9.17) is 9.47 Å². The van der Waals surface area contributed by atoms with Crippen molar-refractivity contribution < 1.29 is 27.5 Å². The number of hydrogen-bond acceptors (Lipinski definition) is 7. The Morgan fingerprint density at radius 2 is 2.04 bits per heavy atom. The molecule has 1 amide bonds. The molecule has 1 saturated heterocycles. The average molecular weight is 406 g/mol. The Balaban J connectivity index is 1.96. The van der Waals surface area contributed by atoms with Crippen LogP contribution in [0.5, 0.6) is 5.75 Å². The normalized spacial score (nSPS) is 19.3. The molecule has 1 aliphatic heterocycles. The molecule has 1 aromatic rings. The van der Waals surface area contributed by atoms with E-state index in [1.54, 1.807) is 30.3 Å². The van der Waals surface area contributed by atoms with Crippen molar-refractivity contribution in [2.75, 3.05) is 18.1 Å². The number of ether oxygens (including phenoxy) is 2. The molecule has 2 rings (SSSR count). The standard InChI is InChI=1S/C19H22N2O6S/c1-3-26-17-6-4-14(5-7-17)10-15(11-20)19(23)27-13(2)18(22)21-16-8-9-28(24,25)12-16/h4-7,10,13,16H,3,8-9,12H2,1-2H3,(H,21,22)/b15-10+/t13-,16-/m1/s1. The minimum Gasteiger partial charge on any atom is -0.494 e. The van der Waals surface area contributed by atoms with Gasteiger partial charge in [0, 0.05) is 6.04 Å². The van der Waals surface area contributed by atoms with Crippen LogP contribution in [-0.4, -0.2) is 50.6 Å². The summed E-state index contributed by atoms with van der Waals surface area (Å²) in [6, 6.07) is 8.06. The first-order chi connectivity index (χ1) is 13.2. The number of nitriles is 1. The topological polar surface area (TPSA) is 123 Å². The summed E-state index contributed by atoms with van der Waals surface area (Å²) in [5.74, 6) is -0.970. The SMILES string of the molecule is CCOc1ccc(/C=C(\C#N)C(=O)O[C@H](C)C(=O)N[C@@H]2CCS(=O)(=O)C2)cc1. The lowest BCUT2D eigenvalue weighted by Gasteiger charge is -2.16. The molecule has 0 spiro atoms. The molecule has 0 bridgehead atoms. The second kappa shape index (κ2) is 9.37. The smallest absolute Gasteiger partial charge is 0.349 e. The van der Waals surface area contributed by atoms with E-state index in [-0.39, 0.29) is 17.1 Å². The zero-order chi connectivity index (χ0) is 20.7. The average Bonchev–Trinajstić information content (AvgIpc) is 2.99. The number of esters is 1. The first-order valence-electron chi connectivity index (χ1n) is 8.80. The zero-order valence-corrected chi connectivity index (χ0v) is 16.5. The van der Waals surface area contributed by atoms with Gasteiger partial charge in [0.15, 0.2) is 15.9 Å². The Kier molecular flexibility index (Phi) is 7.18. The lowest BCUT2D eigenvalue weighted by atomic mass is 10.1. The van der Waals surface area contributed by atoms with E-state index >= 15 is 0 Å². The first-order valence-corrected chi connectivity index (χ1v) is 10.6. The molecule has 0 saturated carbocycles. The van der Waals surface area contributed by atoms with Gasteiger partial charge in [-0.3, -0.25) is 4.79 Å². The fourth-order valence-electron chi connectivity index (χ4n) is 2.64. The highest BCUT2D eigenvalue weighted by molar-refractivity contribution is 7.91. The summed E-state index contributed by atoms with van der Waals surface area (Å²) in [4.78, 5) is 24.3. The summed E-state index contributed by atoms with van der Waals surface area (Å²) in [6.07, 6.45) is 0.523. The molecular weight excluding hydrogens is 384 g/mol. The van der Waals surface area contributed by atoms with E-state index < -0.39 is 33.9 Å². The predicted octanol–water partition coefficient (Wildman–Crippen LogP) is 1.23. The fraction of sp³-hybridized carbons (Fsp3) is 0.421. The molecule has 0 unspecified atom stereocenters. The van der Waals surface area contributed by atoms with Crippen molar-refractivity contribution in [2.24, 2.45) is 0 Å². The van der Waals surface area contributed by atoms with Gasteiger partial charge in [-0.2, -0.15) is 5.26 Å². The lowest BCUT2D eigenvalue weighted by molar-refractivity contribution is -0.150. The molecule has 0 radical (unpaired) electrons. The maximum atomic E-state index is 12.2. The molecule has 1 fully saturated rings. The van der Waals surface area contributed by atoms with Gasteiger partial charge in [-0.1, -0.05) is 12.1 Å². The number of nitrogens with one attached hydrogen (secondary N) is 1. The molecule has 150 valence electrons. The first kappa shape index (κ1) is 21.4. The molecule has 0 aromatic heterocycles. The Morgan fingerprint density at radius 1 is 1.36 bits per heavy atom. The molecule has 0 aliphatic carbocycles. The van der Waals surface area contributed by atoms with E-state index in [0.29, 0.717) is 24.3 Å². The van der Waals surface area contributed by atoms with E-state index in [1.165, 1.54) is 13.0 Å². The van der Waals surface area contributed by atoms with Crippen molar-refractivity contribution in [3.05, 3.63) is 35.4 Å². The monoisotopic (exact) mass is 406 g/mol. The van der Waals surface area contributed by atoms with Crippen LogP contribution >= 0.6 is 0 Å². The van der Waals surface area contributed by atoms with E-state index in [2.05, 4.69) is 5.32 Å². The number of sulfone groups is 1. The highest BCUT2D eigenvalue weighted by atomic mass is 32.2. The molecule has 28 heavy (non-hydrogen) atoms. The Hall–Kier alpha value is -2.86. The maximum Gasteiger partial charge on any atom is 0.349 e. The molecule has 2 atom stereocenters. The summed E-state index contributed by atoms with van der Waals surface area (Å²) in [5.41, 5.74) is 0.345. The third-order valence-electron chi connectivity index (χ3n) is 4.07. The van der Waals surface area contributed by atoms with Crippen LogP contribution in [0.15, 0.2) is 29.8 Å². The molecule has 8 nitrogen and oxygen atoms in total. The molecule has 1 aliphatic rings. The number of amides is 1. The van der Waals surface area contributed by atoms with Gasteiger partial charge in [0.2, 0.25) is 0 Å². The van der Waals surface area contributed by atoms with Crippen LogP contribution in [0.25, 0.3) is 6.08 Å². The van der Waals surface area contributed by atoms with Crippen molar-refractivity contribution in [2.45, 2.75) is 32.4 Å². The van der Waals surface area contributed by atoms with Crippen LogP contribution in [0.1, 0.15) is 25.8 Å². The van der Waals surface area contributed by atoms with Gasteiger partial charge >= 0.3 is 5.97 Å². The number of carbonyl (C=O) groups excluding carboxylic acids is 2. The third kappa shape index (κ3) is 6.09. The lowest BCUT2D eigenvalue weighted by Crippen LogP contribution is -2.42. The summed E-state index contributed by atoms with van der Waals surface area (Å²) in [6.45, 7) is 3.75. The van der Waals surface area contributed by atoms with Crippen LogP contribution in [0.3, 0.4) is 0 Å². The quantitative estimate of drug-likeness (QED) is 0.410. The van der Waals surface area contributed by atoms with Crippen LogP contribution < -0.4 is 10.1 Å². The van der Waals surface area contributed by atoms with Gasteiger partial charge in [0.25, 0.3) is 5.91 Å². The number of benzene rings is 1. The largest absolute Gasteiger partial charge is 0.494 e. The molecule has 9 heteroatoms. The van der Waals surface area contributed by atoms with Crippen molar-refractivity contribution in [1.29, 1.82) is 5.26 Å². The number of carbonyl (C=O) groups is 2. The van der Waals surface area contributed by atoms with Crippen LogP contribution in [0, 0.1) is 11.3 Å². The molecule has 1 N–H and O–H groups in total. The van der Waals surface area contributed by atoms with Crippen LogP contribution in [0.4, 0.5) is 0 Å². The van der Waals surface area contributed by atoms with E-state index in [0.717, 1.165) is 0 Å². The Morgan fingerprint density at radius 3 is 2.57 bits per heavy atom. The van der Waals surface area contributed by atoms with Gasteiger partial charge in [-0.05, 0) is 44.0 Å². The number of rotatable bonds is 7. The maximum absolute atomic E-state index is 12.2. The highest BCUT2D eigenvalue weighted by Gasteiger charge is 2.31.